The lowest BCUT2D eigenvalue weighted by atomic mass is 10.1. The number of amides is 1. The summed E-state index contributed by atoms with van der Waals surface area (Å²) in [5.74, 6) is 1.17. The van der Waals surface area contributed by atoms with Crippen LogP contribution in [-0.4, -0.2) is 61.4 Å². The minimum Gasteiger partial charge on any atom is -0.491 e. The number of likely N-dealkylation sites (tertiary alicyclic amines) is 1. The molecule has 0 aromatic heterocycles. The summed E-state index contributed by atoms with van der Waals surface area (Å²) in [7, 11) is 0. The van der Waals surface area contributed by atoms with E-state index in [0.717, 1.165) is 38.2 Å². The zero-order chi connectivity index (χ0) is 21.3. The molecule has 0 radical (unpaired) electrons. The van der Waals surface area contributed by atoms with E-state index in [1.165, 1.54) is 0 Å². The fraction of sp³-hybridized carbons (Fsp3) is 0.409. The molecule has 1 saturated heterocycles. The Morgan fingerprint density at radius 2 is 1.87 bits per heavy atom. The molecule has 3 rings (SSSR count). The Bertz CT molecular complexity index is 845. The van der Waals surface area contributed by atoms with E-state index in [4.69, 9.17) is 37.8 Å². The number of piperidine rings is 1. The van der Waals surface area contributed by atoms with Crippen LogP contribution in [0, 0.1) is 0 Å². The molecule has 1 aliphatic heterocycles. The van der Waals surface area contributed by atoms with E-state index in [1.807, 2.05) is 6.07 Å². The van der Waals surface area contributed by atoms with Gasteiger partial charge in [0.05, 0.1) is 16.7 Å². The van der Waals surface area contributed by atoms with Gasteiger partial charge in [0.2, 0.25) is 0 Å². The largest absolute Gasteiger partial charge is 0.491 e. The van der Waals surface area contributed by atoms with E-state index in [1.54, 1.807) is 36.4 Å². The van der Waals surface area contributed by atoms with Gasteiger partial charge in [0.1, 0.15) is 24.2 Å². The van der Waals surface area contributed by atoms with Gasteiger partial charge in [0.25, 0.3) is 5.91 Å². The molecule has 2 aromatic rings. The molecule has 31 heavy (non-hydrogen) atoms. The first-order valence-electron chi connectivity index (χ1n) is 10.0. The highest BCUT2D eigenvalue weighted by Gasteiger charge is 2.20. The molecule has 1 heterocycles. The van der Waals surface area contributed by atoms with Crippen LogP contribution in [0.25, 0.3) is 0 Å². The maximum atomic E-state index is 12.3. The second kappa shape index (κ2) is 13.0. The number of carbonyl (C=O) groups is 1. The Morgan fingerprint density at radius 1 is 1.10 bits per heavy atom. The van der Waals surface area contributed by atoms with Crippen LogP contribution in [0.5, 0.6) is 11.5 Å². The first-order valence-corrected chi connectivity index (χ1v) is 10.8. The van der Waals surface area contributed by atoms with E-state index in [9.17, 15) is 4.79 Å². The molecule has 1 aliphatic rings. The van der Waals surface area contributed by atoms with E-state index in [2.05, 4.69) is 10.2 Å². The minimum absolute atomic E-state index is 0. The van der Waals surface area contributed by atoms with Crippen LogP contribution < -0.4 is 14.8 Å². The standard InChI is InChI=1S/C22H26Cl2N2O4.ClH/c23-20-5-4-19(15-21(20)24)30-17-6-9-26(10-7-17)11-8-25-22(28)16-2-1-3-18(14-16)29-13-12-27;/h1-5,14-15,17,27H,6-13H2,(H,25,28);1H. The van der Waals surface area contributed by atoms with Crippen molar-refractivity contribution >= 4 is 41.5 Å². The van der Waals surface area contributed by atoms with Crippen LogP contribution in [0.1, 0.15) is 23.2 Å². The average molecular weight is 490 g/mol. The number of benzene rings is 2. The van der Waals surface area contributed by atoms with Crippen molar-refractivity contribution in [2.45, 2.75) is 18.9 Å². The second-order valence-electron chi connectivity index (χ2n) is 7.09. The van der Waals surface area contributed by atoms with Gasteiger partial charge in [-0.2, -0.15) is 0 Å². The highest BCUT2D eigenvalue weighted by atomic mass is 35.5. The predicted molar refractivity (Wildman–Crippen MR) is 125 cm³/mol. The number of aliphatic hydroxyl groups excluding tert-OH is 1. The normalized spacial score (nSPS) is 14.5. The smallest absolute Gasteiger partial charge is 0.251 e. The van der Waals surface area contributed by atoms with Gasteiger partial charge in [-0.05, 0) is 43.2 Å². The maximum Gasteiger partial charge on any atom is 0.251 e. The number of halogens is 3. The molecule has 0 bridgehead atoms. The number of carbonyl (C=O) groups excluding carboxylic acids is 1. The topological polar surface area (TPSA) is 71.0 Å². The van der Waals surface area contributed by atoms with Crippen LogP contribution >= 0.6 is 35.6 Å². The first-order chi connectivity index (χ1) is 14.5. The quantitative estimate of drug-likeness (QED) is 0.556. The fourth-order valence-electron chi connectivity index (χ4n) is 3.31. The van der Waals surface area contributed by atoms with Gasteiger partial charge in [0.15, 0.2) is 0 Å². The van der Waals surface area contributed by atoms with E-state index >= 15 is 0 Å². The summed E-state index contributed by atoms with van der Waals surface area (Å²) in [5.41, 5.74) is 0.541. The molecule has 0 atom stereocenters. The summed E-state index contributed by atoms with van der Waals surface area (Å²) in [6.07, 6.45) is 1.98. The lowest BCUT2D eigenvalue weighted by Gasteiger charge is -2.32. The molecule has 9 heteroatoms. The lowest BCUT2D eigenvalue weighted by Crippen LogP contribution is -2.42. The fourth-order valence-corrected chi connectivity index (χ4v) is 3.60. The average Bonchev–Trinajstić information content (AvgIpc) is 2.76. The molecular weight excluding hydrogens is 463 g/mol. The third-order valence-electron chi connectivity index (χ3n) is 4.90. The second-order valence-corrected chi connectivity index (χ2v) is 7.90. The van der Waals surface area contributed by atoms with Crippen molar-refractivity contribution in [3.63, 3.8) is 0 Å². The van der Waals surface area contributed by atoms with Crippen LogP contribution in [0.2, 0.25) is 10.0 Å². The van der Waals surface area contributed by atoms with Crippen molar-refractivity contribution in [1.82, 2.24) is 10.2 Å². The third-order valence-corrected chi connectivity index (χ3v) is 5.64. The van der Waals surface area contributed by atoms with Gasteiger partial charge in [-0.15, -0.1) is 12.4 Å². The lowest BCUT2D eigenvalue weighted by molar-refractivity contribution is 0.0905. The van der Waals surface area contributed by atoms with Gasteiger partial charge in [0, 0.05) is 37.8 Å². The number of rotatable bonds is 9. The van der Waals surface area contributed by atoms with Crippen LogP contribution in [0.4, 0.5) is 0 Å². The van der Waals surface area contributed by atoms with Crippen molar-refractivity contribution in [3.8, 4) is 11.5 Å². The molecule has 1 amide bonds. The third kappa shape index (κ3) is 8.05. The van der Waals surface area contributed by atoms with Crippen LogP contribution in [-0.2, 0) is 0 Å². The molecular formula is C22H27Cl3N2O4. The number of aliphatic hydroxyl groups is 1. The number of ether oxygens (including phenoxy) is 2. The number of hydrogen-bond acceptors (Lipinski definition) is 5. The Labute approximate surface area is 198 Å². The molecule has 170 valence electrons. The first kappa shape index (κ1) is 25.6. The summed E-state index contributed by atoms with van der Waals surface area (Å²) in [4.78, 5) is 14.7. The Balaban J connectivity index is 0.00000341. The van der Waals surface area contributed by atoms with Gasteiger partial charge >= 0.3 is 0 Å². The minimum atomic E-state index is -0.137. The SMILES string of the molecule is Cl.O=C(NCCN1CCC(Oc2ccc(Cl)c(Cl)c2)CC1)c1cccc(OCCO)c1. The van der Waals surface area contributed by atoms with Crippen LogP contribution in [0.3, 0.4) is 0 Å². The van der Waals surface area contributed by atoms with Crippen LogP contribution in [0.15, 0.2) is 42.5 Å². The van der Waals surface area contributed by atoms with E-state index in [-0.39, 0.29) is 37.6 Å². The molecule has 1 fully saturated rings. The molecule has 0 spiro atoms. The predicted octanol–water partition coefficient (Wildman–Crippen LogP) is 4.06. The van der Waals surface area contributed by atoms with Gasteiger partial charge < -0.3 is 24.8 Å². The number of hydrogen-bond donors (Lipinski definition) is 2. The maximum absolute atomic E-state index is 12.3. The van der Waals surface area contributed by atoms with Gasteiger partial charge in [-0.25, -0.2) is 0 Å². The monoisotopic (exact) mass is 488 g/mol. The molecule has 2 N–H and O–H groups in total. The number of nitrogens with zero attached hydrogens (tertiary/aromatic N) is 1. The zero-order valence-electron chi connectivity index (χ0n) is 17.1. The summed E-state index contributed by atoms with van der Waals surface area (Å²) >= 11 is 12.0. The van der Waals surface area contributed by atoms with Gasteiger partial charge in [-0.1, -0.05) is 29.3 Å². The molecule has 2 aromatic carbocycles. The highest BCUT2D eigenvalue weighted by Crippen LogP contribution is 2.28. The zero-order valence-corrected chi connectivity index (χ0v) is 19.4. The number of nitrogens with one attached hydrogen (secondary N) is 1. The van der Waals surface area contributed by atoms with Crippen molar-refractivity contribution < 1.29 is 19.4 Å². The van der Waals surface area contributed by atoms with E-state index < -0.39 is 0 Å². The molecule has 0 saturated carbocycles. The molecule has 6 nitrogen and oxygen atoms in total. The summed E-state index contributed by atoms with van der Waals surface area (Å²) in [6.45, 7) is 3.31. The van der Waals surface area contributed by atoms with E-state index in [0.29, 0.717) is 27.9 Å². The molecule has 0 unspecified atom stereocenters. The van der Waals surface area contributed by atoms with Crippen molar-refractivity contribution in [3.05, 3.63) is 58.1 Å². The van der Waals surface area contributed by atoms with Gasteiger partial charge in [-0.3, -0.25) is 4.79 Å². The highest BCUT2D eigenvalue weighted by molar-refractivity contribution is 6.42. The Hall–Kier alpha value is -1.70. The van der Waals surface area contributed by atoms with Crippen molar-refractivity contribution in [1.29, 1.82) is 0 Å². The summed E-state index contributed by atoms with van der Waals surface area (Å²) < 4.78 is 11.4. The Morgan fingerprint density at radius 3 is 2.58 bits per heavy atom. The summed E-state index contributed by atoms with van der Waals surface area (Å²) in [6, 6.07) is 12.3. The molecule has 0 aliphatic carbocycles. The Kier molecular flexibility index (Phi) is 10.7. The van der Waals surface area contributed by atoms with Crippen molar-refractivity contribution in [2.24, 2.45) is 0 Å². The van der Waals surface area contributed by atoms with Crippen molar-refractivity contribution in [2.75, 3.05) is 39.4 Å². The summed E-state index contributed by atoms with van der Waals surface area (Å²) in [5, 5.41) is 12.8.